The molecule has 2 aromatic heterocycles. The molecule has 4 N–H and O–H groups in total. The average Bonchev–Trinajstić information content (AvgIpc) is 3.29. The molecule has 1 aliphatic carbocycles. The summed E-state index contributed by atoms with van der Waals surface area (Å²) < 4.78 is 0. The molecule has 7 heteroatoms. The summed E-state index contributed by atoms with van der Waals surface area (Å²) in [6, 6.07) is 2.78. The summed E-state index contributed by atoms with van der Waals surface area (Å²) in [6.45, 7) is 0. The number of pyridine rings is 1. The number of nitrogens with zero attached hydrogens (tertiary/aromatic N) is 2. The fourth-order valence-corrected chi connectivity index (χ4v) is 4.75. The first-order valence-corrected chi connectivity index (χ1v) is 9.46. The number of nitrogens with two attached hydrogens (primary N) is 1. The highest BCUT2D eigenvalue weighted by atomic mass is 16.2. The molecule has 2 amide bonds. The summed E-state index contributed by atoms with van der Waals surface area (Å²) in [4.78, 5) is 34.0. The van der Waals surface area contributed by atoms with Gasteiger partial charge < -0.3 is 20.9 Å². The van der Waals surface area contributed by atoms with E-state index in [-0.39, 0.29) is 12.0 Å². The maximum atomic E-state index is 12.6. The number of aromatic amines is 1. The normalized spacial score (nSPS) is 27.7. The molecule has 4 heterocycles. The largest absolute Gasteiger partial charge is 0.381 e. The van der Waals surface area contributed by atoms with Gasteiger partial charge in [-0.05, 0) is 44.6 Å². The SMILES string of the molecule is NC(=O)c1cnc2[nH]ccc2c1NC1C[C@H]2CC[C@@H](C1)N2C(=O)C1CC1. The lowest BCUT2D eigenvalue weighted by Gasteiger charge is -2.40. The maximum Gasteiger partial charge on any atom is 0.252 e. The van der Waals surface area contributed by atoms with Crippen LogP contribution in [0.15, 0.2) is 18.5 Å². The van der Waals surface area contributed by atoms with E-state index >= 15 is 0 Å². The van der Waals surface area contributed by atoms with Crippen molar-refractivity contribution in [1.82, 2.24) is 14.9 Å². The number of carbonyl (C=O) groups is 2. The highest BCUT2D eigenvalue weighted by Gasteiger charge is 2.47. The fourth-order valence-electron chi connectivity index (χ4n) is 4.75. The number of anilines is 1. The van der Waals surface area contributed by atoms with E-state index in [0.29, 0.717) is 23.6 Å². The monoisotopic (exact) mass is 353 g/mol. The molecular weight excluding hydrogens is 330 g/mol. The molecular formula is C19H23N5O2. The van der Waals surface area contributed by atoms with E-state index < -0.39 is 5.91 Å². The number of fused-ring (bicyclic) bond motifs is 3. The summed E-state index contributed by atoms with van der Waals surface area (Å²) in [5, 5.41) is 4.45. The topological polar surface area (TPSA) is 104 Å². The standard InChI is InChI=1S/C19H23N5O2/c20-17(25)15-9-22-18-14(5-6-21-18)16(15)23-11-7-12-3-4-13(8-11)24(12)19(26)10-1-2-10/h5-6,9-13H,1-4,7-8H2,(H2,20,25)(H2,21,22,23)/t11?,12-,13+. The third-order valence-corrected chi connectivity index (χ3v) is 6.11. The fraction of sp³-hybridized carbons (Fsp3) is 0.526. The van der Waals surface area contributed by atoms with Crippen LogP contribution in [0, 0.1) is 5.92 Å². The Morgan fingerprint density at radius 2 is 1.92 bits per heavy atom. The van der Waals surface area contributed by atoms with Crippen LogP contribution in [0.25, 0.3) is 11.0 Å². The van der Waals surface area contributed by atoms with Gasteiger partial charge in [-0.3, -0.25) is 9.59 Å². The molecule has 7 nitrogen and oxygen atoms in total. The number of primary amides is 1. The first kappa shape index (κ1) is 15.7. The van der Waals surface area contributed by atoms with Gasteiger partial charge >= 0.3 is 0 Å². The van der Waals surface area contributed by atoms with Crippen LogP contribution in [-0.4, -0.2) is 44.8 Å². The summed E-state index contributed by atoms with van der Waals surface area (Å²) in [5.41, 5.74) is 7.48. The summed E-state index contributed by atoms with van der Waals surface area (Å²) in [6.07, 6.45) is 9.46. The van der Waals surface area contributed by atoms with Gasteiger partial charge in [-0.2, -0.15) is 0 Å². The predicted molar refractivity (Wildman–Crippen MR) is 97.6 cm³/mol. The van der Waals surface area contributed by atoms with Crippen molar-refractivity contribution in [2.24, 2.45) is 11.7 Å². The van der Waals surface area contributed by atoms with Gasteiger partial charge in [-0.1, -0.05) is 0 Å². The zero-order chi connectivity index (χ0) is 17.8. The van der Waals surface area contributed by atoms with Crippen LogP contribution < -0.4 is 11.1 Å². The summed E-state index contributed by atoms with van der Waals surface area (Å²) in [7, 11) is 0. The average molecular weight is 353 g/mol. The molecule has 26 heavy (non-hydrogen) atoms. The zero-order valence-electron chi connectivity index (χ0n) is 14.6. The van der Waals surface area contributed by atoms with Crippen molar-refractivity contribution in [2.45, 2.75) is 56.7 Å². The number of nitrogens with one attached hydrogen (secondary N) is 2. The van der Waals surface area contributed by atoms with E-state index in [9.17, 15) is 9.59 Å². The first-order valence-electron chi connectivity index (χ1n) is 9.46. The minimum Gasteiger partial charge on any atom is -0.381 e. The van der Waals surface area contributed by atoms with Gasteiger partial charge in [0.05, 0.1) is 11.3 Å². The third kappa shape index (κ3) is 2.45. The van der Waals surface area contributed by atoms with Crippen LogP contribution in [0.4, 0.5) is 5.69 Å². The number of hydrogen-bond acceptors (Lipinski definition) is 4. The van der Waals surface area contributed by atoms with Crippen LogP contribution in [0.3, 0.4) is 0 Å². The molecule has 5 rings (SSSR count). The second-order valence-corrected chi connectivity index (χ2v) is 7.87. The lowest BCUT2D eigenvalue weighted by Crippen LogP contribution is -2.50. The minimum absolute atomic E-state index is 0.231. The lowest BCUT2D eigenvalue weighted by atomic mass is 9.95. The number of piperidine rings is 1. The molecule has 2 aromatic rings. The van der Waals surface area contributed by atoms with Gasteiger partial charge in [0.25, 0.3) is 5.91 Å². The van der Waals surface area contributed by atoms with Crippen molar-refractivity contribution >= 4 is 28.5 Å². The summed E-state index contributed by atoms with van der Waals surface area (Å²) in [5.74, 6) is 0.168. The minimum atomic E-state index is -0.479. The Bertz CT molecular complexity index is 873. The van der Waals surface area contributed by atoms with E-state index in [2.05, 4.69) is 20.2 Å². The molecule has 136 valence electrons. The smallest absolute Gasteiger partial charge is 0.252 e. The highest BCUT2D eigenvalue weighted by molar-refractivity contribution is 6.06. The van der Waals surface area contributed by atoms with E-state index in [0.717, 1.165) is 55.2 Å². The molecule has 3 fully saturated rings. The molecule has 0 spiro atoms. The van der Waals surface area contributed by atoms with Gasteiger partial charge in [0.2, 0.25) is 5.91 Å². The molecule has 1 saturated carbocycles. The van der Waals surface area contributed by atoms with Crippen molar-refractivity contribution in [2.75, 3.05) is 5.32 Å². The number of aromatic nitrogens is 2. The second kappa shape index (κ2) is 5.72. The summed E-state index contributed by atoms with van der Waals surface area (Å²) >= 11 is 0. The van der Waals surface area contributed by atoms with E-state index in [1.165, 1.54) is 6.20 Å². The molecule has 3 atom stereocenters. The van der Waals surface area contributed by atoms with Gasteiger partial charge in [0.15, 0.2) is 0 Å². The number of carbonyl (C=O) groups excluding carboxylic acids is 2. The highest BCUT2D eigenvalue weighted by Crippen LogP contribution is 2.42. The van der Waals surface area contributed by atoms with Crippen LogP contribution in [-0.2, 0) is 4.79 Å². The number of rotatable bonds is 4. The Kier molecular flexibility index (Phi) is 3.45. The number of amides is 2. The first-order chi connectivity index (χ1) is 12.6. The van der Waals surface area contributed by atoms with Crippen LogP contribution in [0.2, 0.25) is 0 Å². The van der Waals surface area contributed by atoms with E-state index in [1.807, 2.05) is 12.3 Å². The molecule has 0 aromatic carbocycles. The van der Waals surface area contributed by atoms with Crippen molar-refractivity contribution in [3.63, 3.8) is 0 Å². The van der Waals surface area contributed by atoms with Gasteiger partial charge in [-0.15, -0.1) is 0 Å². The Hall–Kier alpha value is -2.57. The number of H-pyrrole nitrogens is 1. The van der Waals surface area contributed by atoms with Gasteiger partial charge in [0.1, 0.15) is 5.65 Å². The Morgan fingerprint density at radius 1 is 1.19 bits per heavy atom. The molecule has 2 aliphatic heterocycles. The van der Waals surface area contributed by atoms with E-state index in [1.54, 1.807) is 0 Å². The molecule has 1 unspecified atom stereocenters. The van der Waals surface area contributed by atoms with Crippen LogP contribution >= 0.6 is 0 Å². The predicted octanol–water partition coefficient (Wildman–Crippen LogP) is 2.01. The molecule has 3 aliphatic rings. The zero-order valence-corrected chi connectivity index (χ0v) is 14.6. The Labute approximate surface area is 151 Å². The van der Waals surface area contributed by atoms with E-state index in [4.69, 9.17) is 5.73 Å². The molecule has 0 radical (unpaired) electrons. The van der Waals surface area contributed by atoms with Gasteiger partial charge in [0, 0.05) is 41.8 Å². The van der Waals surface area contributed by atoms with Gasteiger partial charge in [-0.25, -0.2) is 4.98 Å². The van der Waals surface area contributed by atoms with Crippen molar-refractivity contribution in [3.05, 3.63) is 24.0 Å². The third-order valence-electron chi connectivity index (χ3n) is 6.11. The van der Waals surface area contributed by atoms with Crippen molar-refractivity contribution in [1.29, 1.82) is 0 Å². The van der Waals surface area contributed by atoms with Crippen LogP contribution in [0.1, 0.15) is 48.9 Å². The van der Waals surface area contributed by atoms with Crippen molar-refractivity contribution in [3.8, 4) is 0 Å². The van der Waals surface area contributed by atoms with Crippen LogP contribution in [0.5, 0.6) is 0 Å². The number of hydrogen-bond donors (Lipinski definition) is 3. The Balaban J connectivity index is 1.41. The maximum absolute atomic E-state index is 12.6. The quantitative estimate of drug-likeness (QED) is 0.782. The lowest BCUT2D eigenvalue weighted by molar-refractivity contribution is -0.137. The molecule has 2 bridgehead atoms. The Morgan fingerprint density at radius 3 is 2.58 bits per heavy atom. The molecule has 2 saturated heterocycles. The van der Waals surface area contributed by atoms with Crippen molar-refractivity contribution < 1.29 is 9.59 Å². The second-order valence-electron chi connectivity index (χ2n) is 7.87.